The molecule has 0 radical (unpaired) electrons. The summed E-state index contributed by atoms with van der Waals surface area (Å²) in [6, 6.07) is 16.5. The minimum atomic E-state index is -0.868. The molecule has 342 valence electrons. The van der Waals surface area contributed by atoms with Crippen molar-refractivity contribution in [2.24, 2.45) is 17.2 Å². The number of carbonyl (C=O) groups excluding carboxylic acids is 5. The third-order valence-corrected chi connectivity index (χ3v) is 12.4. The summed E-state index contributed by atoms with van der Waals surface area (Å²) in [5.74, 6) is -3.74. The average Bonchev–Trinajstić information content (AvgIpc) is 3.28. The van der Waals surface area contributed by atoms with Gasteiger partial charge in [0, 0.05) is 82.5 Å². The lowest BCUT2D eigenvalue weighted by Crippen LogP contribution is -2.59. The third-order valence-electron chi connectivity index (χ3n) is 12.4. The smallest absolute Gasteiger partial charge is 0.317 e. The van der Waals surface area contributed by atoms with Crippen LogP contribution in [-0.4, -0.2) is 90.6 Å². The first-order valence-electron chi connectivity index (χ1n) is 21.2. The van der Waals surface area contributed by atoms with Crippen LogP contribution in [-0.2, 0) is 13.1 Å². The van der Waals surface area contributed by atoms with Crippen molar-refractivity contribution in [1.29, 1.82) is 0 Å². The fourth-order valence-corrected chi connectivity index (χ4v) is 8.68. The molecule has 4 heterocycles. The van der Waals surface area contributed by atoms with Crippen molar-refractivity contribution in [3.05, 3.63) is 129 Å². The minimum Gasteiger partial charge on any atom is -0.368 e. The molecular formula is C46H53F4IN8O5. The number of hydrogen-bond acceptors (Lipinski definition) is 9. The Labute approximate surface area is 384 Å². The van der Waals surface area contributed by atoms with Gasteiger partial charge in [0.05, 0.1) is 16.7 Å². The van der Waals surface area contributed by atoms with Gasteiger partial charge in [0.15, 0.2) is 11.6 Å². The highest BCUT2D eigenvalue weighted by atomic mass is 127. The number of anilines is 2. The molecule has 64 heavy (non-hydrogen) atoms. The molecule has 0 saturated carbocycles. The summed E-state index contributed by atoms with van der Waals surface area (Å²) in [6.07, 6.45) is 3.91. The van der Waals surface area contributed by atoms with Gasteiger partial charge < -0.3 is 42.5 Å². The van der Waals surface area contributed by atoms with E-state index in [1.807, 2.05) is 41.6 Å². The van der Waals surface area contributed by atoms with Gasteiger partial charge in [-0.15, -0.1) is 0 Å². The number of urea groups is 1. The second kappa shape index (κ2) is 21.4. The topological polar surface area (TPSA) is 197 Å². The van der Waals surface area contributed by atoms with Crippen molar-refractivity contribution in [3.63, 3.8) is 0 Å². The quantitative estimate of drug-likeness (QED) is 0.0874. The minimum absolute atomic E-state index is 0.0736. The molecule has 4 aliphatic heterocycles. The Morgan fingerprint density at radius 1 is 0.719 bits per heavy atom. The predicted octanol–water partition coefficient (Wildman–Crippen LogP) is 6.24. The van der Waals surface area contributed by atoms with Crippen molar-refractivity contribution in [3.8, 4) is 0 Å². The lowest BCUT2D eigenvalue weighted by Gasteiger charge is -2.50. The van der Waals surface area contributed by atoms with Gasteiger partial charge in [-0.1, -0.05) is 34.7 Å². The molecule has 0 unspecified atom stereocenters. The molecule has 13 nitrogen and oxygen atoms in total. The summed E-state index contributed by atoms with van der Waals surface area (Å²) in [7, 11) is 3.93. The largest absolute Gasteiger partial charge is 0.368 e. The van der Waals surface area contributed by atoms with Crippen molar-refractivity contribution in [2.45, 2.75) is 62.7 Å². The van der Waals surface area contributed by atoms with Crippen LogP contribution in [0.1, 0.15) is 92.5 Å². The maximum atomic E-state index is 13.6. The van der Waals surface area contributed by atoms with Gasteiger partial charge in [0.1, 0.15) is 23.3 Å². The maximum Gasteiger partial charge on any atom is 0.317 e. The first-order chi connectivity index (χ1) is 30.9. The number of nitrogens with one attached hydrogen (secondary N) is 2. The number of alkyl halides is 1. The van der Waals surface area contributed by atoms with E-state index in [1.165, 1.54) is 54.6 Å². The van der Waals surface area contributed by atoms with Gasteiger partial charge in [0.25, 0.3) is 11.8 Å². The number of fused-ring (bicyclic) bond motifs is 2. The number of carbonyl (C=O) groups is 5. The number of amides is 4. The molecule has 0 aromatic heterocycles. The Morgan fingerprint density at radius 3 is 1.61 bits per heavy atom. The molecule has 0 aliphatic carbocycles. The van der Waals surface area contributed by atoms with Gasteiger partial charge in [-0.2, -0.15) is 0 Å². The lowest BCUT2D eigenvalue weighted by molar-refractivity contribution is 0.0886. The zero-order valence-electron chi connectivity index (χ0n) is 36.6. The fraction of sp³-hybridized carbons (Fsp3) is 0.370. The van der Waals surface area contributed by atoms with Crippen molar-refractivity contribution >= 4 is 63.4 Å². The number of primary amides is 2. The monoisotopic (exact) mass is 1000 g/mol. The Morgan fingerprint density at radius 2 is 1.16 bits per heavy atom. The first kappa shape index (κ1) is 47.9. The SMILES string of the molecule is CN1c2ccc(F)cc2C(=O)CC12CCN(C(=O)NCc1ccc(F)c(C(N)=O)c1)CC2.CN1c2ccc(F)cc2C(=O)CC12CCNCC2.NCc1ccc(F)c(C(N)=O)c1.[2H]CI. The van der Waals surface area contributed by atoms with Crippen LogP contribution in [0.4, 0.5) is 33.7 Å². The van der Waals surface area contributed by atoms with E-state index in [0.29, 0.717) is 65.2 Å². The van der Waals surface area contributed by atoms with E-state index in [2.05, 4.69) is 15.5 Å². The Hall–Kier alpha value is -5.60. The van der Waals surface area contributed by atoms with Crippen molar-refractivity contribution in [2.75, 3.05) is 55.0 Å². The van der Waals surface area contributed by atoms with Gasteiger partial charge >= 0.3 is 6.03 Å². The number of ketones is 2. The first-order valence-corrected chi connectivity index (χ1v) is 22.0. The summed E-state index contributed by atoms with van der Waals surface area (Å²) in [6.45, 7) is 3.17. The van der Waals surface area contributed by atoms with Crippen LogP contribution in [0.2, 0.25) is 0 Å². The second-order valence-corrected chi connectivity index (χ2v) is 16.0. The molecule has 2 fully saturated rings. The van der Waals surface area contributed by atoms with Crippen LogP contribution in [0, 0.1) is 23.3 Å². The Kier molecular flexibility index (Phi) is 16.0. The molecule has 0 bridgehead atoms. The van der Waals surface area contributed by atoms with Crippen molar-refractivity contribution < 1.29 is 42.9 Å². The van der Waals surface area contributed by atoms with Crippen LogP contribution in [0.25, 0.3) is 0 Å². The van der Waals surface area contributed by atoms with E-state index in [0.717, 1.165) is 37.7 Å². The third kappa shape index (κ3) is 11.0. The Bertz CT molecular complexity index is 2420. The number of hydrogen-bond donors (Lipinski definition) is 5. The number of nitrogens with zero attached hydrogens (tertiary/aromatic N) is 3. The molecule has 4 aromatic rings. The molecule has 2 saturated heterocycles. The average molecular weight is 1000 g/mol. The van der Waals surface area contributed by atoms with E-state index in [1.54, 1.807) is 17.0 Å². The highest BCUT2D eigenvalue weighted by Crippen LogP contribution is 2.43. The molecule has 8 rings (SSSR count). The molecule has 4 aliphatic rings. The molecule has 0 atom stereocenters. The number of piperidine rings is 2. The second-order valence-electron chi connectivity index (χ2n) is 16.0. The number of benzene rings is 4. The van der Waals surface area contributed by atoms with Crippen LogP contribution < -0.4 is 37.6 Å². The highest BCUT2D eigenvalue weighted by Gasteiger charge is 2.46. The number of rotatable bonds is 5. The Balaban J connectivity index is 0.000000201. The predicted molar refractivity (Wildman–Crippen MR) is 246 cm³/mol. The number of Topliss-reactive ketones (excluding diaryl/α,β-unsaturated/α-hetero) is 2. The molecule has 2 spiro atoms. The van der Waals surface area contributed by atoms with E-state index in [4.69, 9.17) is 18.6 Å². The zero-order chi connectivity index (χ0) is 47.6. The normalized spacial score (nSPS) is 17.0. The molecular weight excluding hydrogens is 947 g/mol. The standard InChI is InChI=1S/C23H24F2N4O3.C14H17FN2O.C8H9FN2O.CH3I/c1-28-19-5-3-15(24)11-17(19)20(30)12-23(28)6-8-29(9-7-23)22(32)27-13-14-2-4-18(25)16(10-14)21(26)31;1-17-12-3-2-10(15)8-11(12)13(18)9-14(17)4-6-16-7-5-14;9-7-2-1-5(4-10)3-6(7)8(11)12;1-2/h2-5,10-11H,6-9,12-13H2,1H3,(H2,26,31)(H,27,32);2-3,8,16H,4-7,9H2,1H3;1-3H,4,10H2,(H2,11,12);1H3/i;;;1D. The summed E-state index contributed by atoms with van der Waals surface area (Å²) in [5.41, 5.74) is 18.3. The number of halogens is 5. The maximum absolute atomic E-state index is 13.6. The molecule has 4 aromatic carbocycles. The van der Waals surface area contributed by atoms with E-state index in [-0.39, 0.29) is 59.6 Å². The van der Waals surface area contributed by atoms with Gasteiger partial charge in [-0.25, -0.2) is 22.4 Å². The summed E-state index contributed by atoms with van der Waals surface area (Å²) < 4.78 is 59.5. The number of nitrogens with two attached hydrogens (primary N) is 3. The van der Waals surface area contributed by atoms with E-state index in [9.17, 15) is 41.5 Å². The van der Waals surface area contributed by atoms with Crippen LogP contribution in [0.3, 0.4) is 0 Å². The van der Waals surface area contributed by atoms with Crippen LogP contribution in [0.5, 0.6) is 0 Å². The highest BCUT2D eigenvalue weighted by molar-refractivity contribution is 14.1. The van der Waals surface area contributed by atoms with Crippen LogP contribution >= 0.6 is 22.6 Å². The number of likely N-dealkylation sites (tertiary alicyclic amines) is 1. The zero-order valence-corrected chi connectivity index (χ0v) is 37.8. The summed E-state index contributed by atoms with van der Waals surface area (Å²) >= 11 is 1.96. The van der Waals surface area contributed by atoms with E-state index < -0.39 is 34.8 Å². The van der Waals surface area contributed by atoms with Gasteiger partial charge in [0.2, 0.25) is 0 Å². The lowest BCUT2D eigenvalue weighted by atomic mass is 9.77. The fourth-order valence-electron chi connectivity index (χ4n) is 8.68. The summed E-state index contributed by atoms with van der Waals surface area (Å²) in [5, 5.41) is 6.10. The van der Waals surface area contributed by atoms with Crippen LogP contribution in [0.15, 0.2) is 72.8 Å². The molecule has 8 N–H and O–H groups in total. The molecule has 4 amide bonds. The van der Waals surface area contributed by atoms with E-state index >= 15 is 0 Å². The van der Waals surface area contributed by atoms with Gasteiger partial charge in [-0.3, -0.25) is 19.2 Å². The summed E-state index contributed by atoms with van der Waals surface area (Å²) in [4.78, 5) is 65.9. The van der Waals surface area contributed by atoms with Crippen molar-refractivity contribution in [1.82, 2.24) is 15.5 Å². The van der Waals surface area contributed by atoms with Gasteiger partial charge in [-0.05, 0) is 115 Å². The molecule has 18 heteroatoms.